The number of nitrogens with two attached hydrogens (primary N) is 1. The van der Waals surface area contributed by atoms with Crippen molar-refractivity contribution in [3.8, 4) is 28.7 Å². The van der Waals surface area contributed by atoms with Crippen LogP contribution < -0.4 is 20.5 Å². The average molecular weight is 556 g/mol. The van der Waals surface area contributed by atoms with Gasteiger partial charge in [-0.05, 0) is 66.4 Å². The van der Waals surface area contributed by atoms with Gasteiger partial charge in [0.2, 0.25) is 0 Å². The first-order valence-corrected chi connectivity index (χ1v) is 12.5. The Hall–Kier alpha value is -4.41. The Morgan fingerprint density at radius 1 is 0.975 bits per heavy atom. The molecule has 4 N–H and O–H groups in total. The molecule has 2 heterocycles. The molecule has 4 rings (SSSR count). The summed E-state index contributed by atoms with van der Waals surface area (Å²) in [5.74, 6) is 0.654. The normalized spacial score (nSPS) is 11.4. The van der Waals surface area contributed by atoms with E-state index in [2.05, 4.69) is 30.4 Å². The van der Waals surface area contributed by atoms with Crippen molar-refractivity contribution in [1.29, 1.82) is 5.26 Å². The van der Waals surface area contributed by atoms with Gasteiger partial charge in [-0.2, -0.15) is 15.5 Å². The van der Waals surface area contributed by atoms with Gasteiger partial charge in [0.15, 0.2) is 0 Å². The third-order valence-corrected chi connectivity index (χ3v) is 5.78. The number of nitrogens with zero attached hydrogens (tertiary/aromatic N) is 4. The van der Waals surface area contributed by atoms with Gasteiger partial charge in [0.25, 0.3) is 0 Å². The predicted molar refractivity (Wildman–Crippen MR) is 141 cm³/mol. The van der Waals surface area contributed by atoms with E-state index in [1.54, 1.807) is 24.5 Å². The van der Waals surface area contributed by atoms with E-state index in [0.717, 1.165) is 34.9 Å². The second-order valence-corrected chi connectivity index (χ2v) is 8.89. The molecular weight excluding hydrogens is 527 g/mol. The average Bonchev–Trinajstić information content (AvgIpc) is 3.38. The molecule has 0 saturated carbocycles. The van der Waals surface area contributed by atoms with Crippen LogP contribution in [0.2, 0.25) is 0 Å². The van der Waals surface area contributed by atoms with Crippen LogP contribution in [0, 0.1) is 11.3 Å². The van der Waals surface area contributed by atoms with Gasteiger partial charge < -0.3 is 25.3 Å². The third-order valence-electron chi connectivity index (χ3n) is 5.78. The molecule has 0 fully saturated rings. The lowest BCUT2D eigenvalue weighted by Gasteiger charge is -2.12. The largest absolute Gasteiger partial charge is 0.573 e. The van der Waals surface area contributed by atoms with Gasteiger partial charge in [-0.15, -0.1) is 18.3 Å². The Morgan fingerprint density at radius 2 is 1.82 bits per heavy atom. The fourth-order valence-electron chi connectivity index (χ4n) is 4.06. The van der Waals surface area contributed by atoms with Gasteiger partial charge in [-0.25, -0.2) is 0 Å². The van der Waals surface area contributed by atoms with Crippen LogP contribution in [0.3, 0.4) is 0 Å². The molecule has 13 heteroatoms. The number of hydrogen-bond acceptors (Lipinski definition) is 9. The van der Waals surface area contributed by atoms with Crippen molar-refractivity contribution >= 4 is 16.7 Å². The highest BCUT2D eigenvalue weighted by Crippen LogP contribution is 2.31. The minimum Gasteiger partial charge on any atom is -0.490 e. The number of anilines is 1. The molecule has 0 spiro atoms. The maximum Gasteiger partial charge on any atom is 0.573 e. The van der Waals surface area contributed by atoms with Crippen LogP contribution in [0.25, 0.3) is 22.0 Å². The Kier molecular flexibility index (Phi) is 9.71. The van der Waals surface area contributed by atoms with Crippen LogP contribution in [0.5, 0.6) is 11.5 Å². The van der Waals surface area contributed by atoms with Gasteiger partial charge >= 0.3 is 6.36 Å². The van der Waals surface area contributed by atoms with Crippen molar-refractivity contribution in [1.82, 2.24) is 25.7 Å². The van der Waals surface area contributed by atoms with Gasteiger partial charge in [0, 0.05) is 18.7 Å². The van der Waals surface area contributed by atoms with E-state index < -0.39 is 6.36 Å². The van der Waals surface area contributed by atoms with Gasteiger partial charge in [-0.3, -0.25) is 5.10 Å². The highest BCUT2D eigenvalue weighted by molar-refractivity contribution is 5.89. The first kappa shape index (κ1) is 28.6. The van der Waals surface area contributed by atoms with Gasteiger partial charge in [0.05, 0.1) is 42.4 Å². The van der Waals surface area contributed by atoms with E-state index in [1.807, 2.05) is 18.2 Å². The van der Waals surface area contributed by atoms with Crippen molar-refractivity contribution in [2.75, 3.05) is 32.1 Å². The van der Waals surface area contributed by atoms with E-state index >= 15 is 0 Å². The Morgan fingerprint density at radius 3 is 2.62 bits per heavy atom. The molecule has 0 bridgehead atoms. The summed E-state index contributed by atoms with van der Waals surface area (Å²) in [6.07, 6.45) is 0.141. The molecule has 0 aliphatic rings. The topological polar surface area (TPSA) is 144 Å². The molecule has 0 saturated heterocycles. The van der Waals surface area contributed by atoms with E-state index in [4.69, 9.17) is 20.5 Å². The predicted octanol–water partition coefficient (Wildman–Crippen LogP) is 4.53. The molecule has 0 radical (unpaired) electrons. The minimum atomic E-state index is -4.79. The Balaban J connectivity index is 1.16. The molecule has 4 aromatic rings. The van der Waals surface area contributed by atoms with Crippen LogP contribution in [-0.2, 0) is 17.7 Å². The number of fused-ring (bicyclic) bond motifs is 1. The summed E-state index contributed by atoms with van der Waals surface area (Å²) in [6, 6.07) is 11.8. The summed E-state index contributed by atoms with van der Waals surface area (Å²) in [5, 5.41) is 27.7. The monoisotopic (exact) mass is 555 g/mol. The van der Waals surface area contributed by atoms with Crippen LogP contribution in [-0.4, -0.2) is 53.1 Å². The van der Waals surface area contributed by atoms with Crippen LogP contribution in [0.1, 0.15) is 24.0 Å². The summed E-state index contributed by atoms with van der Waals surface area (Å²) in [5.41, 5.74) is 9.33. The zero-order valence-corrected chi connectivity index (χ0v) is 21.5. The number of alkyl halides is 3. The number of nitrogen functional groups attached to an aromatic ring is 1. The van der Waals surface area contributed by atoms with Crippen molar-refractivity contribution in [3.63, 3.8) is 0 Å². The third kappa shape index (κ3) is 8.55. The van der Waals surface area contributed by atoms with Gasteiger partial charge in [0.1, 0.15) is 23.9 Å². The molecule has 10 nitrogen and oxygen atoms in total. The fraction of sp³-hybridized carbons (Fsp3) is 0.333. The molecule has 0 atom stereocenters. The maximum atomic E-state index is 12.6. The second kappa shape index (κ2) is 13.6. The van der Waals surface area contributed by atoms with Crippen molar-refractivity contribution in [3.05, 3.63) is 59.9 Å². The van der Waals surface area contributed by atoms with E-state index in [-0.39, 0.29) is 12.2 Å². The smallest absolute Gasteiger partial charge is 0.490 e. The molecular formula is C27H28F3N7O3. The molecule has 210 valence electrons. The quantitative estimate of drug-likeness (QED) is 0.191. The number of H-pyrrole nitrogens is 1. The lowest BCUT2D eigenvalue weighted by atomic mass is 10.1. The number of nitrogens with one attached hydrogen (secondary N) is 2. The van der Waals surface area contributed by atoms with Crippen LogP contribution >= 0.6 is 0 Å². The number of hydrogen-bond donors (Lipinski definition) is 3. The molecule has 40 heavy (non-hydrogen) atoms. The lowest BCUT2D eigenvalue weighted by molar-refractivity contribution is -0.274. The number of halogens is 3. The number of nitriles is 1. The van der Waals surface area contributed by atoms with Crippen molar-refractivity contribution in [2.45, 2.75) is 32.2 Å². The van der Waals surface area contributed by atoms with Crippen LogP contribution in [0.4, 0.5) is 19.0 Å². The van der Waals surface area contributed by atoms with Crippen LogP contribution in [0.15, 0.2) is 48.8 Å². The zero-order valence-electron chi connectivity index (χ0n) is 21.5. The number of aromatic amines is 1. The standard InChI is InChI=1S/C27H28F3N7O3/c28-27(29,30)40-22-10-18(3-4-31)9-19(11-22)15-33-5-1-2-6-38-7-8-39-25-13-20(12-24-23(25)17-35-36-24)21-14-26(32)37-34-16-21/h9-14,16-17,33H,1-3,5-8,15H2,(H2,32,37)(H,35,36). The van der Waals surface area contributed by atoms with E-state index in [9.17, 15) is 13.2 Å². The highest BCUT2D eigenvalue weighted by Gasteiger charge is 2.31. The fourth-order valence-corrected chi connectivity index (χ4v) is 4.06. The zero-order chi connectivity index (χ0) is 28.4. The molecule has 0 aliphatic heterocycles. The summed E-state index contributed by atoms with van der Waals surface area (Å²) in [7, 11) is 0. The summed E-state index contributed by atoms with van der Waals surface area (Å²) in [6.45, 7) is 2.28. The summed E-state index contributed by atoms with van der Waals surface area (Å²) >= 11 is 0. The SMILES string of the molecule is N#CCc1cc(CNCCCCOCCOc2cc(-c3cnnc(N)c3)cc3[nH]ncc23)cc(OC(F)(F)F)c1. The molecule has 2 aromatic heterocycles. The minimum absolute atomic E-state index is 0.00115. The molecule has 2 aromatic carbocycles. The number of aromatic nitrogens is 4. The summed E-state index contributed by atoms with van der Waals surface area (Å²) in [4.78, 5) is 0. The number of rotatable bonds is 14. The van der Waals surface area contributed by atoms with E-state index in [1.165, 1.54) is 12.1 Å². The Bertz CT molecular complexity index is 1450. The number of ether oxygens (including phenoxy) is 3. The second-order valence-electron chi connectivity index (χ2n) is 8.89. The highest BCUT2D eigenvalue weighted by atomic mass is 19.4. The molecule has 0 aliphatic carbocycles. The van der Waals surface area contributed by atoms with Gasteiger partial charge in [-0.1, -0.05) is 6.07 Å². The molecule has 0 amide bonds. The first-order valence-electron chi connectivity index (χ1n) is 12.5. The number of unbranched alkanes of at least 4 members (excludes halogenated alkanes) is 1. The summed E-state index contributed by atoms with van der Waals surface area (Å²) < 4.78 is 53.4. The maximum absolute atomic E-state index is 12.6. The van der Waals surface area contributed by atoms with Crippen molar-refractivity contribution < 1.29 is 27.4 Å². The molecule has 0 unspecified atom stereocenters. The van der Waals surface area contributed by atoms with Crippen molar-refractivity contribution in [2.24, 2.45) is 0 Å². The first-order chi connectivity index (χ1) is 19.3. The Labute approximate surface area is 228 Å². The van der Waals surface area contributed by atoms with E-state index in [0.29, 0.717) is 55.6 Å². The number of benzene rings is 2. The lowest BCUT2D eigenvalue weighted by Crippen LogP contribution is -2.18.